The molecule has 0 saturated carbocycles. The first-order valence-corrected chi connectivity index (χ1v) is 9.41. The summed E-state index contributed by atoms with van der Waals surface area (Å²) in [5, 5.41) is 24.7. The van der Waals surface area contributed by atoms with Gasteiger partial charge in [0.2, 0.25) is 5.91 Å². The summed E-state index contributed by atoms with van der Waals surface area (Å²) in [5.41, 5.74) is 4.59. The number of nitrogens with zero attached hydrogens (tertiary/aromatic N) is 6. The number of amides is 1. The van der Waals surface area contributed by atoms with Gasteiger partial charge in [0.1, 0.15) is 0 Å². The number of carboxylic acids is 1. The Bertz CT molecular complexity index is 1040. The second-order valence-electron chi connectivity index (χ2n) is 6.87. The molecule has 2 N–H and O–H groups in total. The Labute approximate surface area is 168 Å². The normalized spacial score (nSPS) is 11.0. The van der Waals surface area contributed by atoms with Gasteiger partial charge >= 0.3 is 5.97 Å². The van der Waals surface area contributed by atoms with Crippen molar-refractivity contribution < 1.29 is 14.7 Å². The predicted octanol–water partition coefficient (Wildman–Crippen LogP) is 2.00. The summed E-state index contributed by atoms with van der Waals surface area (Å²) in [6.45, 7) is 9.54. The second-order valence-corrected chi connectivity index (χ2v) is 6.87. The van der Waals surface area contributed by atoms with Crippen LogP contribution in [0.3, 0.4) is 0 Å². The maximum absolute atomic E-state index is 12.4. The summed E-state index contributed by atoms with van der Waals surface area (Å²) in [6.07, 6.45) is 4.69. The number of hydrogen-bond donors (Lipinski definition) is 2. The lowest BCUT2D eigenvalue weighted by molar-refractivity contribution is -0.116. The molecule has 0 aromatic carbocycles. The molecule has 0 fully saturated rings. The molecule has 0 aliphatic carbocycles. The molecule has 3 aromatic heterocycles. The molecule has 3 heterocycles. The molecule has 0 unspecified atom stereocenters. The van der Waals surface area contributed by atoms with Crippen LogP contribution in [0.5, 0.6) is 0 Å². The summed E-state index contributed by atoms with van der Waals surface area (Å²) in [4.78, 5) is 23.3. The van der Waals surface area contributed by atoms with Crippen LogP contribution in [-0.2, 0) is 24.4 Å². The fourth-order valence-corrected chi connectivity index (χ4v) is 3.17. The zero-order chi connectivity index (χ0) is 21.1. The van der Waals surface area contributed by atoms with Crippen molar-refractivity contribution in [2.75, 3.05) is 5.32 Å². The summed E-state index contributed by atoms with van der Waals surface area (Å²) in [6, 6.07) is 0. The van der Waals surface area contributed by atoms with Gasteiger partial charge in [-0.2, -0.15) is 15.3 Å². The third kappa shape index (κ3) is 4.36. The number of aromatic nitrogens is 6. The number of anilines is 1. The van der Waals surface area contributed by atoms with Crippen LogP contribution in [0.2, 0.25) is 0 Å². The molecule has 1 amide bonds. The second kappa shape index (κ2) is 8.29. The van der Waals surface area contributed by atoms with E-state index in [0.717, 1.165) is 29.2 Å². The molecular formula is C19H25N7O3. The topological polar surface area (TPSA) is 120 Å². The largest absolute Gasteiger partial charge is 0.478 e. The average molecular weight is 399 g/mol. The molecule has 0 spiro atoms. The Hall–Kier alpha value is -3.43. The zero-order valence-electron chi connectivity index (χ0n) is 17.0. The average Bonchev–Trinajstić information content (AvgIpc) is 3.36. The fraction of sp³-hybridized carbons (Fsp3) is 0.421. The molecule has 10 nitrogen and oxygen atoms in total. The van der Waals surface area contributed by atoms with E-state index in [9.17, 15) is 9.59 Å². The lowest BCUT2D eigenvalue weighted by Gasteiger charge is -2.08. The first kappa shape index (κ1) is 20.3. The minimum absolute atomic E-state index is 0.0973. The van der Waals surface area contributed by atoms with Crippen molar-refractivity contribution in [3.63, 3.8) is 0 Å². The van der Waals surface area contributed by atoms with Gasteiger partial charge < -0.3 is 10.4 Å². The molecule has 0 saturated heterocycles. The molecule has 0 radical (unpaired) electrons. The van der Waals surface area contributed by atoms with E-state index >= 15 is 0 Å². The maximum Gasteiger partial charge on any atom is 0.338 e. The van der Waals surface area contributed by atoms with E-state index in [2.05, 4.69) is 20.6 Å². The molecule has 0 aliphatic heterocycles. The highest BCUT2D eigenvalue weighted by molar-refractivity contribution is 5.91. The van der Waals surface area contributed by atoms with Crippen molar-refractivity contribution in [1.29, 1.82) is 0 Å². The molecule has 0 atom stereocenters. The zero-order valence-corrected chi connectivity index (χ0v) is 17.0. The summed E-state index contributed by atoms with van der Waals surface area (Å²) in [5.74, 6) is -1.22. The summed E-state index contributed by atoms with van der Waals surface area (Å²) >= 11 is 0. The Morgan fingerprint density at radius 1 is 1.10 bits per heavy atom. The first-order valence-electron chi connectivity index (χ1n) is 9.41. The number of aromatic carboxylic acids is 1. The van der Waals surface area contributed by atoms with Crippen LogP contribution in [-0.4, -0.2) is 46.3 Å². The monoisotopic (exact) mass is 399 g/mol. The molecule has 0 aliphatic rings. The van der Waals surface area contributed by atoms with Gasteiger partial charge in [-0.05, 0) is 27.7 Å². The van der Waals surface area contributed by atoms with E-state index in [0.29, 0.717) is 18.8 Å². The Balaban J connectivity index is 1.65. The van der Waals surface area contributed by atoms with Gasteiger partial charge in [0.25, 0.3) is 0 Å². The highest BCUT2D eigenvalue weighted by atomic mass is 16.4. The lowest BCUT2D eigenvalue weighted by Crippen LogP contribution is -2.16. The van der Waals surface area contributed by atoms with Crippen molar-refractivity contribution in [3.05, 3.63) is 46.8 Å². The van der Waals surface area contributed by atoms with Crippen LogP contribution in [0.1, 0.15) is 46.3 Å². The van der Waals surface area contributed by atoms with Gasteiger partial charge in [-0.15, -0.1) is 0 Å². The van der Waals surface area contributed by atoms with E-state index < -0.39 is 5.97 Å². The Morgan fingerprint density at radius 2 is 1.86 bits per heavy atom. The first-order chi connectivity index (χ1) is 13.8. The number of carbonyl (C=O) groups is 2. The van der Waals surface area contributed by atoms with Crippen LogP contribution in [0.4, 0.5) is 5.69 Å². The fourth-order valence-electron chi connectivity index (χ4n) is 3.17. The minimum atomic E-state index is -1.04. The van der Waals surface area contributed by atoms with Gasteiger partial charge in [0.15, 0.2) is 0 Å². The van der Waals surface area contributed by atoms with Crippen molar-refractivity contribution in [2.24, 2.45) is 0 Å². The molecule has 10 heteroatoms. The van der Waals surface area contributed by atoms with Gasteiger partial charge in [-0.3, -0.25) is 18.8 Å². The third-order valence-corrected chi connectivity index (χ3v) is 4.92. The van der Waals surface area contributed by atoms with Gasteiger partial charge in [0, 0.05) is 37.0 Å². The van der Waals surface area contributed by atoms with Crippen molar-refractivity contribution in [1.82, 2.24) is 29.3 Å². The number of hydrogen-bond acceptors (Lipinski definition) is 5. The summed E-state index contributed by atoms with van der Waals surface area (Å²) < 4.78 is 5.25. The number of aryl methyl sites for hydroxylation is 3. The van der Waals surface area contributed by atoms with Crippen molar-refractivity contribution in [3.8, 4) is 0 Å². The highest BCUT2D eigenvalue weighted by Gasteiger charge is 2.16. The van der Waals surface area contributed by atoms with E-state index in [1.54, 1.807) is 0 Å². The van der Waals surface area contributed by atoms with Gasteiger partial charge in [-0.25, -0.2) is 4.79 Å². The van der Waals surface area contributed by atoms with E-state index in [-0.39, 0.29) is 17.9 Å². The Morgan fingerprint density at radius 3 is 2.48 bits per heavy atom. The number of carboxylic acid groups (broad SMARTS) is 1. The number of carbonyl (C=O) groups excluding carboxylic acids is 1. The standard InChI is InChI=1S/C19H25N7O3/c1-5-25-13(3)15(8-21-25)11-26-14(4)18(12(2)23-26)22-17(27)6-7-24-10-16(9-20-24)19(28)29/h8-10H,5-7,11H2,1-4H3,(H,22,27)(H,28,29). The molecule has 0 bridgehead atoms. The smallest absolute Gasteiger partial charge is 0.338 e. The summed E-state index contributed by atoms with van der Waals surface area (Å²) in [7, 11) is 0. The highest BCUT2D eigenvalue weighted by Crippen LogP contribution is 2.21. The van der Waals surface area contributed by atoms with Crippen LogP contribution in [0.25, 0.3) is 0 Å². The predicted molar refractivity (Wildman–Crippen MR) is 106 cm³/mol. The molecule has 3 rings (SSSR count). The van der Waals surface area contributed by atoms with Gasteiger partial charge in [-0.1, -0.05) is 0 Å². The number of nitrogens with one attached hydrogen (secondary N) is 1. The SMILES string of the molecule is CCn1ncc(Cn2nc(C)c(NC(=O)CCn3cc(C(=O)O)cn3)c2C)c1C. The van der Waals surface area contributed by atoms with E-state index in [1.165, 1.54) is 17.1 Å². The molecule has 29 heavy (non-hydrogen) atoms. The molecular weight excluding hydrogens is 374 g/mol. The van der Waals surface area contributed by atoms with Crippen LogP contribution >= 0.6 is 0 Å². The Kier molecular flexibility index (Phi) is 5.81. The third-order valence-electron chi connectivity index (χ3n) is 4.92. The van der Waals surface area contributed by atoms with Crippen LogP contribution in [0, 0.1) is 20.8 Å². The van der Waals surface area contributed by atoms with E-state index in [4.69, 9.17) is 5.11 Å². The van der Waals surface area contributed by atoms with E-state index in [1.807, 2.05) is 43.3 Å². The van der Waals surface area contributed by atoms with Crippen LogP contribution in [0.15, 0.2) is 18.6 Å². The van der Waals surface area contributed by atoms with Gasteiger partial charge in [0.05, 0.1) is 41.6 Å². The maximum atomic E-state index is 12.4. The van der Waals surface area contributed by atoms with Crippen LogP contribution < -0.4 is 5.32 Å². The van der Waals surface area contributed by atoms with Crippen molar-refractivity contribution in [2.45, 2.75) is 53.8 Å². The minimum Gasteiger partial charge on any atom is -0.478 e. The number of rotatable bonds is 8. The molecule has 3 aromatic rings. The molecule has 154 valence electrons. The quantitative estimate of drug-likeness (QED) is 0.598. The lowest BCUT2D eigenvalue weighted by atomic mass is 10.2. The van der Waals surface area contributed by atoms with Crippen molar-refractivity contribution >= 4 is 17.6 Å².